The Morgan fingerprint density at radius 3 is 2.38 bits per heavy atom. The summed E-state index contributed by atoms with van der Waals surface area (Å²) in [6.07, 6.45) is 0.428. The quantitative estimate of drug-likeness (QED) is 0.318. The van der Waals surface area contributed by atoms with Crippen molar-refractivity contribution in [3.05, 3.63) is 0 Å². The molecule has 0 aliphatic carbocycles. The monoisotopic (exact) mass is 122 g/mol. The third-order valence-corrected chi connectivity index (χ3v) is 0.569. The van der Waals surface area contributed by atoms with Crippen molar-refractivity contribution >= 4 is 0 Å². The first kappa shape index (κ1) is 7.84. The molecule has 50 valence electrons. The molecule has 0 saturated heterocycles. The molecule has 0 bridgehead atoms. The standard InChI is InChI=1S/C4H10O4/c5-2-1-3-8-4(6)7/h4-7H,1-3H2. The highest BCUT2D eigenvalue weighted by atomic mass is 16.7. The summed E-state index contributed by atoms with van der Waals surface area (Å²) in [7, 11) is 0. The van der Waals surface area contributed by atoms with Gasteiger partial charge in [-0.2, -0.15) is 0 Å². The number of aliphatic hydroxyl groups excluding tert-OH is 2. The molecule has 0 aliphatic heterocycles. The number of hydrogen-bond acceptors (Lipinski definition) is 4. The number of aliphatic hydroxyl groups is 3. The summed E-state index contributed by atoms with van der Waals surface area (Å²) in [5, 5.41) is 24.2. The predicted octanol–water partition coefficient (Wildman–Crippen LogP) is -1.35. The van der Waals surface area contributed by atoms with Crippen molar-refractivity contribution in [2.75, 3.05) is 13.2 Å². The van der Waals surface area contributed by atoms with E-state index in [1.165, 1.54) is 0 Å². The van der Waals surface area contributed by atoms with Crippen molar-refractivity contribution < 1.29 is 20.1 Å². The Labute approximate surface area is 47.3 Å². The maximum absolute atomic E-state index is 8.14. The van der Waals surface area contributed by atoms with Crippen molar-refractivity contribution in [1.29, 1.82) is 0 Å². The van der Waals surface area contributed by atoms with E-state index >= 15 is 0 Å². The Balaban J connectivity index is 2.72. The molecule has 0 spiro atoms. The Bertz CT molecular complexity index is 45.3. The number of rotatable bonds is 4. The lowest BCUT2D eigenvalue weighted by molar-refractivity contribution is -0.234. The molecule has 0 amide bonds. The second-order valence-electron chi connectivity index (χ2n) is 1.27. The smallest absolute Gasteiger partial charge is 0.266 e. The van der Waals surface area contributed by atoms with E-state index in [0.29, 0.717) is 6.42 Å². The molecular formula is C4H10O4. The van der Waals surface area contributed by atoms with Crippen molar-refractivity contribution in [2.24, 2.45) is 0 Å². The molecule has 8 heavy (non-hydrogen) atoms. The van der Waals surface area contributed by atoms with E-state index in [0.717, 1.165) is 0 Å². The van der Waals surface area contributed by atoms with Crippen LogP contribution in [0, 0.1) is 0 Å². The molecule has 0 aliphatic rings. The molecule has 0 aromatic heterocycles. The van der Waals surface area contributed by atoms with Gasteiger partial charge in [-0.1, -0.05) is 0 Å². The van der Waals surface area contributed by atoms with Gasteiger partial charge in [0.15, 0.2) is 0 Å². The zero-order valence-corrected chi connectivity index (χ0v) is 4.45. The average Bonchev–Trinajstić information content (AvgIpc) is 1.66. The third kappa shape index (κ3) is 5.84. The van der Waals surface area contributed by atoms with Crippen molar-refractivity contribution in [1.82, 2.24) is 0 Å². The number of hydrogen-bond donors (Lipinski definition) is 3. The van der Waals surface area contributed by atoms with E-state index in [1.807, 2.05) is 0 Å². The van der Waals surface area contributed by atoms with Crippen LogP contribution in [-0.2, 0) is 4.74 Å². The first-order valence-electron chi connectivity index (χ1n) is 2.36. The lowest BCUT2D eigenvalue weighted by Crippen LogP contribution is -2.11. The topological polar surface area (TPSA) is 69.9 Å². The molecule has 4 heteroatoms. The van der Waals surface area contributed by atoms with Gasteiger partial charge in [0.25, 0.3) is 6.48 Å². The van der Waals surface area contributed by atoms with Gasteiger partial charge in [0.05, 0.1) is 6.61 Å². The fraction of sp³-hybridized carbons (Fsp3) is 1.00. The molecule has 0 rings (SSSR count). The summed E-state index contributed by atoms with van der Waals surface area (Å²) in [4.78, 5) is 0. The van der Waals surface area contributed by atoms with Gasteiger partial charge in [-0.05, 0) is 6.42 Å². The normalized spacial score (nSPS) is 10.5. The molecule has 0 unspecified atom stereocenters. The van der Waals surface area contributed by atoms with Gasteiger partial charge in [0.1, 0.15) is 0 Å². The summed E-state index contributed by atoms with van der Waals surface area (Å²) in [5.74, 6) is 0. The van der Waals surface area contributed by atoms with E-state index < -0.39 is 6.48 Å². The fourth-order valence-corrected chi connectivity index (χ4v) is 0.253. The molecule has 0 atom stereocenters. The highest BCUT2D eigenvalue weighted by molar-refractivity contribution is 4.27. The van der Waals surface area contributed by atoms with Crippen LogP contribution in [0.15, 0.2) is 0 Å². The highest BCUT2D eigenvalue weighted by Crippen LogP contribution is 1.82. The maximum Gasteiger partial charge on any atom is 0.266 e. The Hall–Kier alpha value is -0.160. The largest absolute Gasteiger partial charge is 0.396 e. The molecule has 0 fully saturated rings. The second-order valence-corrected chi connectivity index (χ2v) is 1.27. The molecule has 0 heterocycles. The van der Waals surface area contributed by atoms with Gasteiger partial charge in [-0.3, -0.25) is 0 Å². The molecule has 0 aromatic carbocycles. The van der Waals surface area contributed by atoms with E-state index in [4.69, 9.17) is 15.3 Å². The highest BCUT2D eigenvalue weighted by Gasteiger charge is 1.92. The maximum atomic E-state index is 8.14. The second kappa shape index (κ2) is 4.99. The summed E-state index contributed by atoms with van der Waals surface area (Å²) in [6, 6.07) is 0. The summed E-state index contributed by atoms with van der Waals surface area (Å²) in [5.41, 5.74) is 0. The van der Waals surface area contributed by atoms with E-state index in [-0.39, 0.29) is 13.2 Å². The first-order chi connectivity index (χ1) is 3.77. The Kier molecular flexibility index (Phi) is 4.89. The van der Waals surface area contributed by atoms with Crippen molar-refractivity contribution in [3.63, 3.8) is 0 Å². The summed E-state index contributed by atoms with van der Waals surface area (Å²) in [6.45, 7) is -1.53. The zero-order chi connectivity index (χ0) is 6.41. The summed E-state index contributed by atoms with van der Waals surface area (Å²) < 4.78 is 4.23. The Morgan fingerprint density at radius 2 is 2.00 bits per heavy atom. The molecule has 0 aromatic rings. The van der Waals surface area contributed by atoms with Gasteiger partial charge < -0.3 is 20.1 Å². The average molecular weight is 122 g/mol. The number of ether oxygens (including phenoxy) is 1. The van der Waals surface area contributed by atoms with Crippen LogP contribution < -0.4 is 0 Å². The van der Waals surface area contributed by atoms with Crippen LogP contribution in [0.1, 0.15) is 6.42 Å². The van der Waals surface area contributed by atoms with E-state index in [1.54, 1.807) is 0 Å². The summed E-state index contributed by atoms with van der Waals surface area (Å²) >= 11 is 0. The van der Waals surface area contributed by atoms with E-state index in [9.17, 15) is 0 Å². The molecular weight excluding hydrogens is 112 g/mol. The third-order valence-electron chi connectivity index (χ3n) is 0.569. The van der Waals surface area contributed by atoms with Crippen LogP contribution in [0.4, 0.5) is 0 Å². The minimum absolute atomic E-state index is 0.00667. The zero-order valence-electron chi connectivity index (χ0n) is 4.45. The fourth-order valence-electron chi connectivity index (χ4n) is 0.253. The molecule has 0 radical (unpaired) electrons. The minimum atomic E-state index is -1.71. The Morgan fingerprint density at radius 1 is 1.38 bits per heavy atom. The van der Waals surface area contributed by atoms with Crippen molar-refractivity contribution in [3.8, 4) is 0 Å². The van der Waals surface area contributed by atoms with Crippen LogP contribution in [0.25, 0.3) is 0 Å². The van der Waals surface area contributed by atoms with Gasteiger partial charge in [0, 0.05) is 6.61 Å². The van der Waals surface area contributed by atoms with Gasteiger partial charge in [0.2, 0.25) is 0 Å². The molecule has 4 nitrogen and oxygen atoms in total. The van der Waals surface area contributed by atoms with Crippen LogP contribution in [0.2, 0.25) is 0 Å². The van der Waals surface area contributed by atoms with Crippen molar-refractivity contribution in [2.45, 2.75) is 12.9 Å². The van der Waals surface area contributed by atoms with Crippen LogP contribution in [-0.4, -0.2) is 35.0 Å². The minimum Gasteiger partial charge on any atom is -0.396 e. The first-order valence-corrected chi connectivity index (χ1v) is 2.36. The lowest BCUT2D eigenvalue weighted by atomic mass is 10.5. The molecule has 3 N–H and O–H groups in total. The molecule has 0 saturated carbocycles. The van der Waals surface area contributed by atoms with Gasteiger partial charge in [-0.25, -0.2) is 0 Å². The van der Waals surface area contributed by atoms with Crippen LogP contribution in [0.3, 0.4) is 0 Å². The SMILES string of the molecule is OCCCOC(O)O. The van der Waals surface area contributed by atoms with Crippen LogP contribution in [0.5, 0.6) is 0 Å². The predicted molar refractivity (Wildman–Crippen MR) is 25.9 cm³/mol. The lowest BCUT2D eigenvalue weighted by Gasteiger charge is -2.01. The van der Waals surface area contributed by atoms with Gasteiger partial charge >= 0.3 is 0 Å². The van der Waals surface area contributed by atoms with E-state index in [2.05, 4.69) is 4.74 Å². The van der Waals surface area contributed by atoms with Crippen LogP contribution >= 0.6 is 0 Å². The van der Waals surface area contributed by atoms with Gasteiger partial charge in [-0.15, -0.1) is 0 Å².